The molecular weight excluding hydrogens is 618 g/mol. The van der Waals surface area contributed by atoms with Crippen molar-refractivity contribution in [2.24, 2.45) is 5.16 Å². The molecule has 1 saturated heterocycles. The molecule has 11 nitrogen and oxygen atoms in total. The maximum atomic E-state index is 13.6. The van der Waals surface area contributed by atoms with Crippen molar-refractivity contribution >= 4 is 40.0 Å². The van der Waals surface area contributed by atoms with Crippen LogP contribution < -0.4 is 10.6 Å². The van der Waals surface area contributed by atoms with E-state index in [2.05, 4.69) is 15.8 Å². The first-order valence-corrected chi connectivity index (χ1v) is 15.9. The van der Waals surface area contributed by atoms with Gasteiger partial charge in [-0.15, -0.1) is 11.3 Å². The van der Waals surface area contributed by atoms with Crippen LogP contribution in [0.1, 0.15) is 57.0 Å². The number of benzene rings is 3. The second kappa shape index (κ2) is 13.3. The molecule has 0 radical (unpaired) electrons. The molecule has 12 heteroatoms. The van der Waals surface area contributed by atoms with Crippen LogP contribution in [0.3, 0.4) is 0 Å². The summed E-state index contributed by atoms with van der Waals surface area (Å²) in [6, 6.07) is 28.9. The molecule has 2 amide bonds. The highest BCUT2D eigenvalue weighted by Crippen LogP contribution is 2.40. The van der Waals surface area contributed by atoms with Crippen molar-refractivity contribution in [1.29, 1.82) is 0 Å². The van der Waals surface area contributed by atoms with Crippen LogP contribution in [0.4, 0.5) is 5.13 Å². The van der Waals surface area contributed by atoms with E-state index in [-0.39, 0.29) is 11.4 Å². The van der Waals surface area contributed by atoms with Gasteiger partial charge in [0.25, 0.3) is 11.8 Å². The first kappa shape index (κ1) is 33.3. The number of esters is 1. The van der Waals surface area contributed by atoms with E-state index in [1.54, 1.807) is 40.0 Å². The number of nitrogens with zero attached hydrogens (tertiary/aromatic N) is 3. The molecule has 1 atom stereocenters. The van der Waals surface area contributed by atoms with E-state index in [1.165, 1.54) is 11.3 Å². The minimum Gasteiger partial charge on any atom is -0.457 e. The number of thiazole rings is 1. The van der Waals surface area contributed by atoms with E-state index in [9.17, 15) is 19.6 Å². The standard InChI is InChI=1S/C35H37N5O6S/c1-33(2,3)46-27(41)21-45-39-28(30(42)37-29-31(43)40(44)34(29,4)5)26-22-47-32(36-26)38-35(23-15-9-6-10-16-23,24-17-11-7-12-18-24)25-19-13-8-14-20-25/h6-20,22,29,44H,21H2,1-5H3,(H,36,38)(H,37,42)/b39-28+. The Morgan fingerprint density at radius 3 is 1.91 bits per heavy atom. The fourth-order valence-corrected chi connectivity index (χ4v) is 6.06. The van der Waals surface area contributed by atoms with E-state index in [1.807, 2.05) is 91.0 Å². The molecule has 0 aliphatic carbocycles. The van der Waals surface area contributed by atoms with Gasteiger partial charge in [-0.2, -0.15) is 0 Å². The number of nitrogens with one attached hydrogen (secondary N) is 2. The van der Waals surface area contributed by atoms with Gasteiger partial charge in [0.15, 0.2) is 10.8 Å². The number of hydrogen-bond acceptors (Lipinski definition) is 10. The smallest absolute Gasteiger partial charge is 0.347 e. The average Bonchev–Trinajstić information content (AvgIpc) is 3.52. The maximum Gasteiger partial charge on any atom is 0.347 e. The van der Waals surface area contributed by atoms with Gasteiger partial charge in [0.2, 0.25) is 6.61 Å². The molecule has 3 N–H and O–H groups in total. The number of aromatic nitrogens is 1. The minimum absolute atomic E-state index is 0.146. The molecule has 1 fully saturated rings. The van der Waals surface area contributed by atoms with Crippen LogP contribution in [0, 0.1) is 0 Å². The summed E-state index contributed by atoms with van der Waals surface area (Å²) in [4.78, 5) is 48.3. The molecule has 4 aromatic rings. The highest BCUT2D eigenvalue weighted by atomic mass is 32.1. The summed E-state index contributed by atoms with van der Waals surface area (Å²) in [6.07, 6.45) is 0. The van der Waals surface area contributed by atoms with Crippen LogP contribution in [0.5, 0.6) is 0 Å². The summed E-state index contributed by atoms with van der Waals surface area (Å²) in [5.74, 6) is -2.12. The Bertz CT molecular complexity index is 1660. The Hall–Kier alpha value is -5.07. The molecule has 2 heterocycles. The van der Waals surface area contributed by atoms with Crippen LogP contribution in [-0.2, 0) is 29.5 Å². The fraction of sp³-hybridized carbons (Fsp3) is 0.286. The summed E-state index contributed by atoms with van der Waals surface area (Å²) >= 11 is 1.25. The van der Waals surface area contributed by atoms with Crippen molar-refractivity contribution in [3.63, 3.8) is 0 Å². The first-order chi connectivity index (χ1) is 22.3. The van der Waals surface area contributed by atoms with E-state index < -0.39 is 47.1 Å². The summed E-state index contributed by atoms with van der Waals surface area (Å²) in [5.41, 5.74) is 0.0932. The van der Waals surface area contributed by atoms with Gasteiger partial charge in [-0.1, -0.05) is 96.2 Å². The summed E-state index contributed by atoms with van der Waals surface area (Å²) in [5, 5.41) is 22.9. The lowest BCUT2D eigenvalue weighted by molar-refractivity contribution is -0.231. The van der Waals surface area contributed by atoms with Gasteiger partial charge < -0.3 is 20.2 Å². The molecular formula is C35H37N5O6S. The van der Waals surface area contributed by atoms with Crippen molar-refractivity contribution < 1.29 is 29.2 Å². The van der Waals surface area contributed by atoms with Crippen LogP contribution in [0.2, 0.25) is 0 Å². The van der Waals surface area contributed by atoms with Gasteiger partial charge >= 0.3 is 5.97 Å². The zero-order valence-electron chi connectivity index (χ0n) is 26.8. The van der Waals surface area contributed by atoms with Gasteiger partial charge in [0, 0.05) is 5.38 Å². The maximum absolute atomic E-state index is 13.6. The Balaban J connectivity index is 1.52. The molecule has 5 rings (SSSR count). The van der Waals surface area contributed by atoms with Gasteiger partial charge in [-0.3, -0.25) is 14.8 Å². The third-order valence-corrected chi connectivity index (χ3v) is 8.38. The van der Waals surface area contributed by atoms with Gasteiger partial charge in [-0.05, 0) is 51.3 Å². The van der Waals surface area contributed by atoms with Crippen molar-refractivity contribution in [1.82, 2.24) is 15.4 Å². The number of carbonyl (C=O) groups excluding carboxylic acids is 3. The van der Waals surface area contributed by atoms with Gasteiger partial charge in [0.05, 0.1) is 5.54 Å². The van der Waals surface area contributed by atoms with Crippen LogP contribution >= 0.6 is 11.3 Å². The van der Waals surface area contributed by atoms with E-state index >= 15 is 0 Å². The monoisotopic (exact) mass is 655 g/mol. The topological polar surface area (TPSA) is 142 Å². The Morgan fingerprint density at radius 2 is 1.45 bits per heavy atom. The molecule has 1 aromatic heterocycles. The number of rotatable bonds is 11. The zero-order valence-corrected chi connectivity index (χ0v) is 27.6. The van der Waals surface area contributed by atoms with E-state index in [0.717, 1.165) is 16.7 Å². The molecule has 1 aliphatic heterocycles. The highest BCUT2D eigenvalue weighted by Gasteiger charge is 2.55. The molecule has 47 heavy (non-hydrogen) atoms. The SMILES string of the molecule is CC(C)(C)OC(=O)CO/N=C(/C(=O)NC1C(=O)N(O)C1(C)C)c1csc(NC(c2ccccc2)(c2ccccc2)c2ccccc2)n1. The molecule has 1 aliphatic rings. The molecule has 0 spiro atoms. The zero-order chi connectivity index (χ0) is 33.8. The number of amides is 2. The van der Waals surface area contributed by atoms with E-state index in [0.29, 0.717) is 10.2 Å². The average molecular weight is 656 g/mol. The Kier molecular flexibility index (Phi) is 9.45. The molecule has 0 saturated carbocycles. The second-order valence-electron chi connectivity index (χ2n) is 12.5. The van der Waals surface area contributed by atoms with Crippen molar-refractivity contribution in [2.75, 3.05) is 11.9 Å². The molecule has 0 bridgehead atoms. The number of hydrogen-bond donors (Lipinski definition) is 3. The lowest BCUT2D eigenvalue weighted by Crippen LogP contribution is -2.75. The molecule has 3 aromatic carbocycles. The summed E-state index contributed by atoms with van der Waals surface area (Å²) in [6.45, 7) is 7.82. The van der Waals surface area contributed by atoms with E-state index in [4.69, 9.17) is 14.6 Å². The fourth-order valence-electron chi connectivity index (χ4n) is 5.31. The normalized spacial score (nSPS) is 16.2. The Labute approximate surface area is 277 Å². The van der Waals surface area contributed by atoms with Gasteiger partial charge in [-0.25, -0.2) is 14.8 Å². The number of carbonyl (C=O) groups is 3. The van der Waals surface area contributed by atoms with Gasteiger partial charge in [0.1, 0.15) is 22.9 Å². The molecule has 244 valence electrons. The quantitative estimate of drug-likeness (QED) is 0.0506. The lowest BCUT2D eigenvalue weighted by Gasteiger charge is -2.49. The van der Waals surface area contributed by atoms with Crippen LogP contribution in [0.15, 0.2) is 102 Å². The van der Waals surface area contributed by atoms with Crippen LogP contribution in [-0.4, -0.2) is 62.5 Å². The largest absolute Gasteiger partial charge is 0.457 e. The van der Waals surface area contributed by atoms with Crippen molar-refractivity contribution in [2.45, 2.75) is 57.3 Å². The number of ether oxygens (including phenoxy) is 1. The number of hydroxylamine groups is 2. The van der Waals surface area contributed by atoms with Crippen LogP contribution in [0.25, 0.3) is 0 Å². The third kappa shape index (κ3) is 7.03. The van der Waals surface area contributed by atoms with Crippen molar-refractivity contribution in [3.8, 4) is 0 Å². The highest BCUT2D eigenvalue weighted by molar-refractivity contribution is 7.14. The molecule has 1 unspecified atom stereocenters. The number of anilines is 1. The predicted molar refractivity (Wildman–Crippen MR) is 178 cm³/mol. The third-order valence-electron chi connectivity index (χ3n) is 7.62. The lowest BCUT2D eigenvalue weighted by atomic mass is 9.77. The first-order valence-electron chi connectivity index (χ1n) is 15.0. The number of oxime groups is 1. The summed E-state index contributed by atoms with van der Waals surface area (Å²) in [7, 11) is 0. The second-order valence-corrected chi connectivity index (χ2v) is 13.4. The number of β-lactam (4-membered cyclic amide) rings is 1. The minimum atomic E-state index is -1.05. The summed E-state index contributed by atoms with van der Waals surface area (Å²) < 4.78 is 5.28. The van der Waals surface area contributed by atoms with Crippen molar-refractivity contribution in [3.05, 3.63) is 119 Å². The Morgan fingerprint density at radius 1 is 0.936 bits per heavy atom. The predicted octanol–water partition coefficient (Wildman–Crippen LogP) is 5.10.